The normalized spacial score (nSPS) is 11.7. The standard InChI is InChI=1S/C11H18N2O4/c1-4-16-11(2,3)10-12-8(17-13-10)6-5-7-9(14)15/h4-7H2,1-3H3,(H,14,15). The number of aliphatic carboxylic acids is 1. The monoisotopic (exact) mass is 242 g/mol. The molecule has 1 rings (SSSR count). The van der Waals surface area contributed by atoms with Gasteiger partial charge in [0.15, 0.2) is 0 Å². The number of ether oxygens (including phenoxy) is 1. The van der Waals surface area contributed by atoms with Crippen molar-refractivity contribution in [3.05, 3.63) is 11.7 Å². The molecule has 0 radical (unpaired) electrons. The number of carboxylic acids is 1. The smallest absolute Gasteiger partial charge is 0.303 e. The second-order valence-electron chi connectivity index (χ2n) is 4.20. The average Bonchev–Trinajstić information content (AvgIpc) is 2.66. The predicted molar refractivity (Wildman–Crippen MR) is 59.5 cm³/mol. The molecule has 0 aliphatic carbocycles. The maximum Gasteiger partial charge on any atom is 0.303 e. The van der Waals surface area contributed by atoms with E-state index in [1.807, 2.05) is 20.8 Å². The highest BCUT2D eigenvalue weighted by atomic mass is 16.5. The Labute approximate surface area is 100.0 Å². The summed E-state index contributed by atoms with van der Waals surface area (Å²) in [5, 5.41) is 12.4. The van der Waals surface area contributed by atoms with E-state index in [1.165, 1.54) is 0 Å². The fourth-order valence-electron chi connectivity index (χ4n) is 1.42. The van der Waals surface area contributed by atoms with Crippen molar-refractivity contribution in [3.63, 3.8) is 0 Å². The molecule has 1 heterocycles. The molecule has 0 fully saturated rings. The summed E-state index contributed by atoms with van der Waals surface area (Å²) in [5.41, 5.74) is -0.580. The van der Waals surface area contributed by atoms with Gasteiger partial charge in [0.05, 0.1) is 0 Å². The van der Waals surface area contributed by atoms with E-state index < -0.39 is 11.6 Å². The summed E-state index contributed by atoms with van der Waals surface area (Å²) < 4.78 is 10.5. The van der Waals surface area contributed by atoms with E-state index in [1.54, 1.807) is 0 Å². The second-order valence-corrected chi connectivity index (χ2v) is 4.20. The maximum atomic E-state index is 10.4. The fourth-order valence-corrected chi connectivity index (χ4v) is 1.42. The van der Waals surface area contributed by atoms with Crippen LogP contribution in [0.2, 0.25) is 0 Å². The van der Waals surface area contributed by atoms with Crippen LogP contribution in [0.5, 0.6) is 0 Å². The summed E-state index contributed by atoms with van der Waals surface area (Å²) in [6, 6.07) is 0. The van der Waals surface area contributed by atoms with Crippen LogP contribution < -0.4 is 0 Å². The average molecular weight is 242 g/mol. The number of rotatable bonds is 7. The van der Waals surface area contributed by atoms with Gasteiger partial charge in [0.2, 0.25) is 11.7 Å². The number of aromatic nitrogens is 2. The third kappa shape index (κ3) is 4.14. The minimum Gasteiger partial charge on any atom is -0.481 e. The fraction of sp³-hybridized carbons (Fsp3) is 0.727. The molecule has 1 N–H and O–H groups in total. The van der Waals surface area contributed by atoms with Crippen LogP contribution in [0.25, 0.3) is 0 Å². The molecule has 0 unspecified atom stereocenters. The van der Waals surface area contributed by atoms with Gasteiger partial charge in [-0.25, -0.2) is 0 Å². The third-order valence-corrected chi connectivity index (χ3v) is 2.29. The van der Waals surface area contributed by atoms with Gasteiger partial charge in [-0.3, -0.25) is 4.79 Å². The Bertz CT molecular complexity index is 373. The molecule has 96 valence electrons. The van der Waals surface area contributed by atoms with E-state index in [0.717, 1.165) is 0 Å². The van der Waals surface area contributed by atoms with E-state index in [0.29, 0.717) is 31.2 Å². The Morgan fingerprint density at radius 1 is 1.53 bits per heavy atom. The summed E-state index contributed by atoms with van der Waals surface area (Å²) in [5.74, 6) is 0.123. The molecule has 0 aliphatic rings. The topological polar surface area (TPSA) is 85.5 Å². The van der Waals surface area contributed by atoms with Gasteiger partial charge in [-0.1, -0.05) is 5.16 Å². The Hall–Kier alpha value is -1.43. The minimum absolute atomic E-state index is 0.104. The Balaban J connectivity index is 2.55. The van der Waals surface area contributed by atoms with Crippen molar-refractivity contribution in [2.75, 3.05) is 6.61 Å². The van der Waals surface area contributed by atoms with Gasteiger partial charge in [0, 0.05) is 19.4 Å². The molecule has 6 nitrogen and oxygen atoms in total. The number of hydrogen-bond acceptors (Lipinski definition) is 5. The zero-order chi connectivity index (χ0) is 12.9. The molecule has 0 aliphatic heterocycles. The second kappa shape index (κ2) is 5.77. The van der Waals surface area contributed by atoms with E-state index in [4.69, 9.17) is 14.4 Å². The van der Waals surface area contributed by atoms with Crippen molar-refractivity contribution in [2.24, 2.45) is 0 Å². The first kappa shape index (κ1) is 13.6. The SMILES string of the molecule is CCOC(C)(C)c1noc(CCCC(=O)O)n1. The molecule has 0 atom stereocenters. The zero-order valence-electron chi connectivity index (χ0n) is 10.4. The first-order valence-electron chi connectivity index (χ1n) is 5.64. The van der Waals surface area contributed by atoms with Crippen molar-refractivity contribution in [2.45, 2.75) is 45.6 Å². The van der Waals surface area contributed by atoms with E-state index in [9.17, 15) is 4.79 Å². The lowest BCUT2D eigenvalue weighted by atomic mass is 10.1. The molecule has 6 heteroatoms. The Morgan fingerprint density at radius 3 is 2.82 bits per heavy atom. The molecular formula is C11H18N2O4. The van der Waals surface area contributed by atoms with E-state index >= 15 is 0 Å². The van der Waals surface area contributed by atoms with Gasteiger partial charge >= 0.3 is 5.97 Å². The van der Waals surface area contributed by atoms with Gasteiger partial charge in [-0.05, 0) is 27.2 Å². The molecule has 0 spiro atoms. The van der Waals surface area contributed by atoms with E-state index in [2.05, 4.69) is 10.1 Å². The van der Waals surface area contributed by atoms with E-state index in [-0.39, 0.29) is 6.42 Å². The predicted octanol–water partition coefficient (Wildman–Crippen LogP) is 1.75. The van der Waals surface area contributed by atoms with Gasteiger partial charge in [0.1, 0.15) is 5.60 Å². The largest absolute Gasteiger partial charge is 0.481 e. The quantitative estimate of drug-likeness (QED) is 0.784. The third-order valence-electron chi connectivity index (χ3n) is 2.29. The molecule has 0 saturated heterocycles. The molecule has 0 amide bonds. The van der Waals surface area contributed by atoms with Crippen molar-refractivity contribution in [1.82, 2.24) is 10.1 Å². The van der Waals surface area contributed by atoms with Crippen molar-refractivity contribution < 1.29 is 19.2 Å². The first-order valence-corrected chi connectivity index (χ1v) is 5.64. The van der Waals surface area contributed by atoms with Gasteiger partial charge in [-0.2, -0.15) is 4.98 Å². The summed E-state index contributed by atoms with van der Waals surface area (Å²) in [4.78, 5) is 14.6. The van der Waals surface area contributed by atoms with Gasteiger partial charge in [-0.15, -0.1) is 0 Å². The number of carboxylic acid groups (broad SMARTS) is 1. The van der Waals surface area contributed by atoms with Crippen LogP contribution in [0, 0.1) is 0 Å². The van der Waals surface area contributed by atoms with Crippen LogP contribution in [0.1, 0.15) is 45.3 Å². The summed E-state index contributed by atoms with van der Waals surface area (Å²) >= 11 is 0. The summed E-state index contributed by atoms with van der Waals surface area (Å²) in [6.45, 7) is 6.19. The van der Waals surface area contributed by atoms with Crippen molar-refractivity contribution >= 4 is 5.97 Å². The number of carbonyl (C=O) groups is 1. The Kier molecular flexibility index (Phi) is 4.62. The van der Waals surface area contributed by atoms with Crippen molar-refractivity contribution in [3.8, 4) is 0 Å². The lowest BCUT2D eigenvalue weighted by Crippen LogP contribution is -2.23. The minimum atomic E-state index is -0.820. The highest BCUT2D eigenvalue weighted by molar-refractivity contribution is 5.66. The number of hydrogen-bond donors (Lipinski definition) is 1. The lowest BCUT2D eigenvalue weighted by Gasteiger charge is -2.19. The van der Waals surface area contributed by atoms with Crippen LogP contribution in [0.15, 0.2) is 4.52 Å². The number of aryl methyl sites for hydroxylation is 1. The van der Waals surface area contributed by atoms with Crippen molar-refractivity contribution in [1.29, 1.82) is 0 Å². The molecule has 1 aromatic heterocycles. The lowest BCUT2D eigenvalue weighted by molar-refractivity contribution is -0.137. The van der Waals surface area contributed by atoms with Crippen LogP contribution in [0.4, 0.5) is 0 Å². The maximum absolute atomic E-state index is 10.4. The van der Waals surface area contributed by atoms with Crippen LogP contribution in [0.3, 0.4) is 0 Å². The molecule has 1 aromatic rings. The summed E-state index contributed by atoms with van der Waals surface area (Å²) in [7, 11) is 0. The van der Waals surface area contributed by atoms with Gasteiger partial charge < -0.3 is 14.4 Å². The molecular weight excluding hydrogens is 224 g/mol. The molecule has 0 saturated carbocycles. The first-order chi connectivity index (χ1) is 7.95. The molecule has 0 aromatic carbocycles. The van der Waals surface area contributed by atoms with Crippen LogP contribution in [-0.4, -0.2) is 27.8 Å². The zero-order valence-corrected chi connectivity index (χ0v) is 10.4. The van der Waals surface area contributed by atoms with Crippen LogP contribution >= 0.6 is 0 Å². The molecule has 17 heavy (non-hydrogen) atoms. The van der Waals surface area contributed by atoms with Gasteiger partial charge in [0.25, 0.3) is 0 Å². The Morgan fingerprint density at radius 2 is 2.24 bits per heavy atom. The number of nitrogens with zero attached hydrogens (tertiary/aromatic N) is 2. The molecule has 0 bridgehead atoms. The highest BCUT2D eigenvalue weighted by Crippen LogP contribution is 2.21. The van der Waals surface area contributed by atoms with Crippen LogP contribution in [-0.2, 0) is 21.6 Å². The summed E-state index contributed by atoms with van der Waals surface area (Å²) in [6.07, 6.45) is 1.07. The highest BCUT2D eigenvalue weighted by Gasteiger charge is 2.26.